The molecule has 0 radical (unpaired) electrons. The van der Waals surface area contributed by atoms with Gasteiger partial charge in [0, 0.05) is 18.2 Å². The quantitative estimate of drug-likeness (QED) is 0.738. The number of amides is 2. The number of carbonyl (C=O) groups excluding carboxylic acids is 2. The van der Waals surface area contributed by atoms with Gasteiger partial charge < -0.3 is 15.0 Å². The fourth-order valence-corrected chi connectivity index (χ4v) is 6.33. The summed E-state index contributed by atoms with van der Waals surface area (Å²) in [6.07, 6.45) is 8.39. The van der Waals surface area contributed by atoms with E-state index >= 15 is 0 Å². The molecule has 1 heterocycles. The molecule has 0 bridgehead atoms. The van der Waals surface area contributed by atoms with Gasteiger partial charge in [-0.3, -0.25) is 9.59 Å². The van der Waals surface area contributed by atoms with Crippen LogP contribution in [0.2, 0.25) is 0 Å². The van der Waals surface area contributed by atoms with Crippen LogP contribution in [0.25, 0.3) is 0 Å². The normalized spacial score (nSPS) is 22.2. The number of methoxy groups -OCH3 is 1. The molecule has 2 aliphatic carbocycles. The van der Waals surface area contributed by atoms with Crippen molar-refractivity contribution in [2.75, 3.05) is 7.11 Å². The van der Waals surface area contributed by atoms with Gasteiger partial charge in [-0.15, -0.1) is 0 Å². The summed E-state index contributed by atoms with van der Waals surface area (Å²) in [5, 5.41) is 3.21. The molecule has 0 aromatic heterocycles. The SMILES string of the molecule is COc1ccc(CNC(=O)[C@H]2c3ccccc3C(=O)N(C3CCCC3)C23CCCC3)cc1. The van der Waals surface area contributed by atoms with Crippen molar-refractivity contribution >= 4 is 11.8 Å². The van der Waals surface area contributed by atoms with Crippen LogP contribution in [0.5, 0.6) is 5.75 Å². The maximum absolute atomic E-state index is 13.8. The molecule has 5 nitrogen and oxygen atoms in total. The maximum atomic E-state index is 13.8. The van der Waals surface area contributed by atoms with Gasteiger partial charge in [-0.1, -0.05) is 56.0 Å². The van der Waals surface area contributed by atoms with Crippen LogP contribution in [0, 0.1) is 0 Å². The lowest BCUT2D eigenvalue weighted by molar-refractivity contribution is -0.127. The number of rotatable bonds is 5. The van der Waals surface area contributed by atoms with Gasteiger partial charge in [-0.05, 0) is 55.0 Å². The van der Waals surface area contributed by atoms with Crippen molar-refractivity contribution in [3.05, 3.63) is 65.2 Å². The minimum Gasteiger partial charge on any atom is -0.497 e. The van der Waals surface area contributed by atoms with E-state index in [0.717, 1.165) is 55.4 Å². The molecule has 5 heteroatoms. The van der Waals surface area contributed by atoms with Crippen molar-refractivity contribution in [3.63, 3.8) is 0 Å². The monoisotopic (exact) mass is 432 g/mol. The summed E-state index contributed by atoms with van der Waals surface area (Å²) in [6.45, 7) is 0.467. The van der Waals surface area contributed by atoms with Crippen LogP contribution in [-0.4, -0.2) is 35.4 Å². The number of carbonyl (C=O) groups is 2. The first-order valence-electron chi connectivity index (χ1n) is 12.0. The van der Waals surface area contributed by atoms with Crippen molar-refractivity contribution in [3.8, 4) is 5.75 Å². The molecule has 1 N–H and O–H groups in total. The number of fused-ring (bicyclic) bond motifs is 1. The zero-order valence-corrected chi connectivity index (χ0v) is 18.8. The molecule has 2 aromatic carbocycles. The maximum Gasteiger partial charge on any atom is 0.254 e. The fraction of sp³-hybridized carbons (Fsp3) is 0.481. The largest absolute Gasteiger partial charge is 0.497 e. The zero-order chi connectivity index (χ0) is 22.1. The van der Waals surface area contributed by atoms with Gasteiger partial charge in [0.1, 0.15) is 5.75 Å². The third-order valence-corrected chi connectivity index (χ3v) is 7.79. The van der Waals surface area contributed by atoms with Crippen LogP contribution in [-0.2, 0) is 11.3 Å². The average molecular weight is 433 g/mol. The van der Waals surface area contributed by atoms with Gasteiger partial charge in [-0.25, -0.2) is 0 Å². The van der Waals surface area contributed by atoms with Crippen molar-refractivity contribution < 1.29 is 14.3 Å². The van der Waals surface area contributed by atoms with E-state index in [1.165, 1.54) is 12.8 Å². The molecule has 1 aliphatic heterocycles. The van der Waals surface area contributed by atoms with Gasteiger partial charge in [0.15, 0.2) is 0 Å². The summed E-state index contributed by atoms with van der Waals surface area (Å²) in [5.41, 5.74) is 2.25. The molecule has 0 saturated heterocycles. The fourth-order valence-electron chi connectivity index (χ4n) is 6.33. The number of hydrogen-bond acceptors (Lipinski definition) is 3. The van der Waals surface area contributed by atoms with Crippen LogP contribution in [0.4, 0.5) is 0 Å². The molecular formula is C27H32N2O3. The Kier molecular flexibility index (Phi) is 5.66. The molecule has 2 saturated carbocycles. The predicted molar refractivity (Wildman–Crippen MR) is 124 cm³/mol. The molecular weight excluding hydrogens is 400 g/mol. The molecule has 2 fully saturated rings. The second-order valence-corrected chi connectivity index (χ2v) is 9.51. The highest BCUT2D eigenvalue weighted by atomic mass is 16.5. The molecule has 0 unspecified atom stereocenters. The first-order chi connectivity index (χ1) is 15.6. The van der Waals surface area contributed by atoms with Crippen LogP contribution >= 0.6 is 0 Å². The Morgan fingerprint density at radius 2 is 1.72 bits per heavy atom. The highest BCUT2D eigenvalue weighted by Crippen LogP contribution is 2.52. The van der Waals surface area contributed by atoms with Crippen LogP contribution < -0.4 is 10.1 Å². The van der Waals surface area contributed by atoms with Crippen molar-refractivity contribution in [2.24, 2.45) is 0 Å². The lowest BCUT2D eigenvalue weighted by Gasteiger charge is -2.52. The highest BCUT2D eigenvalue weighted by Gasteiger charge is 2.57. The molecule has 1 atom stereocenters. The molecule has 2 amide bonds. The second-order valence-electron chi connectivity index (χ2n) is 9.51. The van der Waals surface area contributed by atoms with Crippen molar-refractivity contribution in [1.82, 2.24) is 10.2 Å². The first-order valence-corrected chi connectivity index (χ1v) is 12.0. The number of hydrogen-bond donors (Lipinski definition) is 1. The zero-order valence-electron chi connectivity index (χ0n) is 18.8. The number of nitrogens with zero attached hydrogens (tertiary/aromatic N) is 1. The van der Waals surface area contributed by atoms with Crippen molar-refractivity contribution in [2.45, 2.75) is 75.4 Å². The van der Waals surface area contributed by atoms with Crippen LogP contribution in [0.15, 0.2) is 48.5 Å². The molecule has 168 valence electrons. The average Bonchev–Trinajstić information content (AvgIpc) is 3.52. The second kappa shape index (κ2) is 8.61. The Morgan fingerprint density at radius 3 is 2.41 bits per heavy atom. The van der Waals surface area contributed by atoms with Gasteiger partial charge in [0.05, 0.1) is 18.6 Å². The van der Waals surface area contributed by atoms with Crippen LogP contribution in [0.1, 0.15) is 78.8 Å². The summed E-state index contributed by atoms with van der Waals surface area (Å²) < 4.78 is 5.24. The number of benzene rings is 2. The van der Waals surface area contributed by atoms with E-state index in [0.29, 0.717) is 12.1 Å². The predicted octanol–water partition coefficient (Wildman–Crippen LogP) is 4.81. The summed E-state index contributed by atoms with van der Waals surface area (Å²) in [7, 11) is 1.65. The van der Waals surface area contributed by atoms with Crippen molar-refractivity contribution in [1.29, 1.82) is 0 Å². The first kappa shape index (κ1) is 21.0. The molecule has 1 spiro atoms. The Hall–Kier alpha value is -2.82. The van der Waals surface area contributed by atoms with E-state index < -0.39 is 5.54 Å². The Balaban J connectivity index is 1.49. The third kappa shape index (κ3) is 3.48. The Morgan fingerprint density at radius 1 is 1.03 bits per heavy atom. The lowest BCUT2D eigenvalue weighted by atomic mass is 9.70. The van der Waals surface area contributed by atoms with Gasteiger partial charge in [0.2, 0.25) is 5.91 Å². The van der Waals surface area contributed by atoms with Gasteiger partial charge in [0.25, 0.3) is 5.91 Å². The van der Waals surface area contributed by atoms with E-state index in [1.807, 2.05) is 48.5 Å². The molecule has 3 aliphatic rings. The molecule has 5 rings (SSSR count). The minimum absolute atomic E-state index is 0.0330. The van der Waals surface area contributed by atoms with Crippen LogP contribution in [0.3, 0.4) is 0 Å². The Labute approximate surface area is 190 Å². The smallest absolute Gasteiger partial charge is 0.254 e. The summed E-state index contributed by atoms with van der Waals surface area (Å²) in [5.74, 6) is 0.647. The highest BCUT2D eigenvalue weighted by molar-refractivity contribution is 6.02. The summed E-state index contributed by atoms with van der Waals surface area (Å²) in [4.78, 5) is 29.7. The van der Waals surface area contributed by atoms with E-state index in [-0.39, 0.29) is 23.8 Å². The number of ether oxygens (including phenoxy) is 1. The van der Waals surface area contributed by atoms with E-state index in [4.69, 9.17) is 4.74 Å². The summed E-state index contributed by atoms with van der Waals surface area (Å²) >= 11 is 0. The number of nitrogens with one attached hydrogen (secondary N) is 1. The molecule has 32 heavy (non-hydrogen) atoms. The third-order valence-electron chi connectivity index (χ3n) is 7.79. The standard InChI is InChI=1S/C27H32N2O3/c1-32-21-14-12-19(13-15-21)18-28-25(30)24-22-10-4-5-11-23(22)26(31)29(20-8-2-3-9-20)27(24)16-6-7-17-27/h4-5,10-15,20,24H,2-3,6-9,16-18H2,1H3,(H,28,30)/t24-/m1/s1. The Bertz CT molecular complexity index is 988. The van der Waals surface area contributed by atoms with E-state index in [9.17, 15) is 9.59 Å². The topological polar surface area (TPSA) is 58.6 Å². The van der Waals surface area contributed by atoms with Gasteiger partial charge in [-0.2, -0.15) is 0 Å². The lowest BCUT2D eigenvalue weighted by Crippen LogP contribution is -2.63. The van der Waals surface area contributed by atoms with E-state index in [1.54, 1.807) is 7.11 Å². The molecule has 2 aromatic rings. The minimum atomic E-state index is -0.398. The summed E-state index contributed by atoms with van der Waals surface area (Å²) in [6, 6.07) is 15.8. The van der Waals surface area contributed by atoms with Gasteiger partial charge >= 0.3 is 0 Å². The van der Waals surface area contributed by atoms with E-state index in [2.05, 4.69) is 10.2 Å².